The molecule has 1 atom stereocenters. The van der Waals surface area contributed by atoms with Crippen LogP contribution in [0.3, 0.4) is 0 Å². The molecule has 1 aliphatic heterocycles. The average Bonchev–Trinajstić information content (AvgIpc) is 2.97. The van der Waals surface area contributed by atoms with Gasteiger partial charge in [-0.3, -0.25) is 0 Å². The number of nitrogens with zero attached hydrogens (tertiary/aromatic N) is 2. The average molecular weight is 277 g/mol. The normalized spacial score (nSPS) is 15.1. The van der Waals surface area contributed by atoms with E-state index < -0.39 is 6.04 Å². The van der Waals surface area contributed by atoms with Gasteiger partial charge in [0, 0.05) is 12.7 Å². The second-order valence-electron chi connectivity index (χ2n) is 4.38. The van der Waals surface area contributed by atoms with Crippen molar-refractivity contribution in [3.8, 4) is 23.0 Å². The molecule has 0 amide bonds. The third-order valence-corrected chi connectivity index (χ3v) is 2.91. The standard InChI is InChI=1S/C13H15N3O4/c1-17-7-9(14)12-15-13(20-16-12)8-2-3-10-11(6-8)19-5-4-18-10/h2-3,6,9H,4-5,7,14H2,1H3. The van der Waals surface area contributed by atoms with Crippen molar-refractivity contribution in [1.82, 2.24) is 10.1 Å². The van der Waals surface area contributed by atoms with E-state index in [1.807, 2.05) is 18.2 Å². The number of fused-ring (bicyclic) bond motifs is 1. The van der Waals surface area contributed by atoms with Gasteiger partial charge < -0.3 is 24.5 Å². The summed E-state index contributed by atoms with van der Waals surface area (Å²) < 4.78 is 21.2. The lowest BCUT2D eigenvalue weighted by atomic mass is 10.2. The molecule has 20 heavy (non-hydrogen) atoms. The highest BCUT2D eigenvalue weighted by molar-refractivity contribution is 5.60. The summed E-state index contributed by atoms with van der Waals surface area (Å²) in [7, 11) is 1.57. The SMILES string of the molecule is COCC(N)c1noc(-c2ccc3c(c2)OCCO3)n1. The minimum Gasteiger partial charge on any atom is -0.486 e. The summed E-state index contributed by atoms with van der Waals surface area (Å²) in [6.07, 6.45) is 0. The first-order valence-electron chi connectivity index (χ1n) is 6.26. The third kappa shape index (κ3) is 2.45. The van der Waals surface area contributed by atoms with Crippen molar-refractivity contribution >= 4 is 0 Å². The van der Waals surface area contributed by atoms with Crippen LogP contribution in [0.5, 0.6) is 11.5 Å². The highest BCUT2D eigenvalue weighted by Crippen LogP contribution is 2.34. The second kappa shape index (κ2) is 5.48. The molecule has 1 aromatic heterocycles. The Kier molecular flexibility index (Phi) is 3.53. The van der Waals surface area contributed by atoms with Crippen LogP contribution in [0.2, 0.25) is 0 Å². The van der Waals surface area contributed by atoms with Gasteiger partial charge in [-0.2, -0.15) is 4.98 Å². The Labute approximate surface area is 115 Å². The van der Waals surface area contributed by atoms with E-state index in [1.165, 1.54) is 0 Å². The van der Waals surface area contributed by atoms with Gasteiger partial charge in [0.2, 0.25) is 0 Å². The molecule has 0 bridgehead atoms. The molecule has 7 heteroatoms. The first kappa shape index (κ1) is 12.9. The zero-order valence-electron chi connectivity index (χ0n) is 11.0. The quantitative estimate of drug-likeness (QED) is 0.896. The van der Waals surface area contributed by atoms with Crippen LogP contribution in [-0.2, 0) is 4.74 Å². The zero-order chi connectivity index (χ0) is 13.9. The molecule has 0 spiro atoms. The Bertz CT molecular complexity index is 599. The maximum atomic E-state index is 5.85. The van der Waals surface area contributed by atoms with E-state index in [1.54, 1.807) is 7.11 Å². The lowest BCUT2D eigenvalue weighted by molar-refractivity contribution is 0.171. The molecule has 0 saturated carbocycles. The summed E-state index contributed by atoms with van der Waals surface area (Å²) in [5, 5.41) is 3.86. The topological polar surface area (TPSA) is 92.6 Å². The molecule has 3 rings (SSSR count). The second-order valence-corrected chi connectivity index (χ2v) is 4.38. The lowest BCUT2D eigenvalue weighted by Gasteiger charge is -2.18. The van der Waals surface area contributed by atoms with Crippen molar-refractivity contribution in [1.29, 1.82) is 0 Å². The van der Waals surface area contributed by atoms with Gasteiger partial charge in [-0.25, -0.2) is 0 Å². The van der Waals surface area contributed by atoms with Crippen molar-refractivity contribution in [3.05, 3.63) is 24.0 Å². The Balaban J connectivity index is 1.86. The van der Waals surface area contributed by atoms with E-state index in [2.05, 4.69) is 10.1 Å². The maximum absolute atomic E-state index is 5.85. The fourth-order valence-corrected chi connectivity index (χ4v) is 1.93. The Hall–Kier alpha value is -2.12. The first-order valence-corrected chi connectivity index (χ1v) is 6.26. The van der Waals surface area contributed by atoms with Gasteiger partial charge in [0.15, 0.2) is 17.3 Å². The maximum Gasteiger partial charge on any atom is 0.258 e. The Morgan fingerprint density at radius 1 is 1.30 bits per heavy atom. The van der Waals surface area contributed by atoms with Crippen molar-refractivity contribution in [2.45, 2.75) is 6.04 Å². The number of hydrogen-bond donors (Lipinski definition) is 1. The van der Waals surface area contributed by atoms with Crippen LogP contribution in [0.4, 0.5) is 0 Å². The lowest BCUT2D eigenvalue weighted by Crippen LogP contribution is -2.17. The van der Waals surface area contributed by atoms with Gasteiger partial charge in [0.1, 0.15) is 13.2 Å². The molecule has 1 aliphatic rings. The number of ether oxygens (including phenoxy) is 3. The number of nitrogens with two attached hydrogens (primary N) is 1. The first-order chi connectivity index (χ1) is 9.78. The van der Waals surface area contributed by atoms with Crippen LogP contribution < -0.4 is 15.2 Å². The van der Waals surface area contributed by atoms with Crippen LogP contribution in [0.25, 0.3) is 11.5 Å². The highest BCUT2D eigenvalue weighted by atomic mass is 16.6. The van der Waals surface area contributed by atoms with E-state index in [0.29, 0.717) is 37.3 Å². The number of hydrogen-bond acceptors (Lipinski definition) is 7. The predicted octanol–water partition coefficient (Wildman–Crippen LogP) is 1.15. The molecule has 0 saturated heterocycles. The van der Waals surface area contributed by atoms with Gasteiger partial charge in [-0.15, -0.1) is 0 Å². The van der Waals surface area contributed by atoms with Gasteiger partial charge in [0.05, 0.1) is 12.6 Å². The van der Waals surface area contributed by atoms with Crippen LogP contribution in [0.15, 0.2) is 22.7 Å². The summed E-state index contributed by atoms with van der Waals surface area (Å²) in [4.78, 5) is 4.27. The van der Waals surface area contributed by atoms with Gasteiger partial charge in [0.25, 0.3) is 5.89 Å². The van der Waals surface area contributed by atoms with Crippen LogP contribution in [0.1, 0.15) is 11.9 Å². The highest BCUT2D eigenvalue weighted by Gasteiger charge is 2.18. The van der Waals surface area contributed by atoms with E-state index in [-0.39, 0.29) is 0 Å². The van der Waals surface area contributed by atoms with Crippen molar-refractivity contribution < 1.29 is 18.7 Å². The van der Waals surface area contributed by atoms with Crippen LogP contribution in [-0.4, -0.2) is 37.1 Å². The molecule has 0 radical (unpaired) electrons. The molecule has 0 aliphatic carbocycles. The fourth-order valence-electron chi connectivity index (χ4n) is 1.93. The summed E-state index contributed by atoms with van der Waals surface area (Å²) in [5.74, 6) is 2.20. The van der Waals surface area contributed by atoms with E-state index in [0.717, 1.165) is 11.3 Å². The van der Waals surface area contributed by atoms with Crippen LogP contribution in [0, 0.1) is 0 Å². The van der Waals surface area contributed by atoms with Crippen molar-refractivity contribution in [3.63, 3.8) is 0 Å². The summed E-state index contributed by atoms with van der Waals surface area (Å²) in [6.45, 7) is 1.42. The minimum absolute atomic E-state index is 0.333. The summed E-state index contributed by atoms with van der Waals surface area (Å²) >= 11 is 0. The number of methoxy groups -OCH3 is 1. The van der Waals surface area contributed by atoms with E-state index in [4.69, 9.17) is 24.5 Å². The van der Waals surface area contributed by atoms with Crippen LogP contribution >= 0.6 is 0 Å². The van der Waals surface area contributed by atoms with E-state index >= 15 is 0 Å². The summed E-state index contributed by atoms with van der Waals surface area (Å²) in [5.41, 5.74) is 6.61. The summed E-state index contributed by atoms with van der Waals surface area (Å²) in [6, 6.07) is 5.07. The number of rotatable bonds is 4. The van der Waals surface area contributed by atoms with Crippen molar-refractivity contribution in [2.24, 2.45) is 5.73 Å². The van der Waals surface area contributed by atoms with Gasteiger partial charge >= 0.3 is 0 Å². The largest absolute Gasteiger partial charge is 0.486 e. The monoisotopic (exact) mass is 277 g/mol. The number of aromatic nitrogens is 2. The molecule has 0 fully saturated rings. The zero-order valence-corrected chi connectivity index (χ0v) is 11.0. The minimum atomic E-state index is -0.408. The molecule has 2 heterocycles. The fraction of sp³-hybridized carbons (Fsp3) is 0.385. The Morgan fingerprint density at radius 3 is 2.90 bits per heavy atom. The van der Waals surface area contributed by atoms with Gasteiger partial charge in [-0.1, -0.05) is 5.16 Å². The molecule has 1 aromatic carbocycles. The van der Waals surface area contributed by atoms with Gasteiger partial charge in [-0.05, 0) is 18.2 Å². The predicted molar refractivity (Wildman–Crippen MR) is 69.5 cm³/mol. The third-order valence-electron chi connectivity index (χ3n) is 2.91. The smallest absolute Gasteiger partial charge is 0.258 e. The molecule has 1 unspecified atom stereocenters. The molecular formula is C13H15N3O4. The molecule has 106 valence electrons. The number of benzene rings is 1. The molecule has 2 N–H and O–H groups in total. The van der Waals surface area contributed by atoms with Crippen molar-refractivity contribution in [2.75, 3.05) is 26.9 Å². The molecular weight excluding hydrogens is 262 g/mol. The Morgan fingerprint density at radius 2 is 2.10 bits per heavy atom. The molecule has 7 nitrogen and oxygen atoms in total. The molecule has 2 aromatic rings. The van der Waals surface area contributed by atoms with E-state index in [9.17, 15) is 0 Å².